The second kappa shape index (κ2) is 5.03. The van der Waals surface area contributed by atoms with Gasteiger partial charge in [0.25, 0.3) is 0 Å². The molecule has 1 aromatic heterocycles. The lowest BCUT2D eigenvalue weighted by atomic mass is 10.2. The van der Waals surface area contributed by atoms with E-state index in [2.05, 4.69) is 23.0 Å². The molecule has 3 nitrogen and oxygen atoms in total. The monoisotopic (exact) mass is 195 g/mol. The number of anilines is 1. The average molecular weight is 195 g/mol. The molecule has 14 heavy (non-hydrogen) atoms. The summed E-state index contributed by atoms with van der Waals surface area (Å²) in [6.45, 7) is 8.62. The smallest absolute Gasteiger partial charge is 0.150 e. The molecule has 1 aromatic rings. The van der Waals surface area contributed by atoms with Crippen LogP contribution >= 0.6 is 0 Å². The first-order valence-corrected chi connectivity index (χ1v) is 5.50. The van der Waals surface area contributed by atoms with Gasteiger partial charge in [0, 0.05) is 32.4 Å². The summed E-state index contributed by atoms with van der Waals surface area (Å²) < 4.78 is 1.86. The fourth-order valence-corrected chi connectivity index (χ4v) is 1.71. The molecule has 2 rings (SSSR count). The van der Waals surface area contributed by atoms with Gasteiger partial charge in [0.15, 0.2) is 5.82 Å². The van der Waals surface area contributed by atoms with Gasteiger partial charge in [-0.05, 0) is 12.3 Å². The topological polar surface area (TPSA) is 21.1 Å². The summed E-state index contributed by atoms with van der Waals surface area (Å²) in [5.74, 6) is 1.95. The van der Waals surface area contributed by atoms with E-state index in [1.165, 1.54) is 6.42 Å². The number of aryl methyl sites for hydroxylation is 1. The van der Waals surface area contributed by atoms with Gasteiger partial charge in [-0.25, -0.2) is 0 Å². The Kier molecular flexibility index (Phi) is 3.98. The zero-order chi connectivity index (χ0) is 10.6. The molecule has 0 amide bonds. The lowest BCUT2D eigenvalue weighted by Crippen LogP contribution is -2.19. The van der Waals surface area contributed by atoms with E-state index in [9.17, 15) is 0 Å². The minimum absolute atomic E-state index is 0.826. The SMILES string of the molecule is CC.CC1CCN(c2ccn(C)n2)C1. The van der Waals surface area contributed by atoms with E-state index < -0.39 is 0 Å². The summed E-state index contributed by atoms with van der Waals surface area (Å²) in [7, 11) is 1.96. The van der Waals surface area contributed by atoms with E-state index in [0.29, 0.717) is 0 Å². The molecule has 80 valence electrons. The van der Waals surface area contributed by atoms with Crippen molar-refractivity contribution in [2.24, 2.45) is 13.0 Å². The zero-order valence-corrected chi connectivity index (χ0v) is 9.70. The van der Waals surface area contributed by atoms with E-state index >= 15 is 0 Å². The Hall–Kier alpha value is -0.990. The molecule has 0 radical (unpaired) electrons. The third kappa shape index (κ3) is 2.50. The fourth-order valence-electron chi connectivity index (χ4n) is 1.71. The third-order valence-electron chi connectivity index (χ3n) is 2.45. The summed E-state index contributed by atoms with van der Waals surface area (Å²) in [6.07, 6.45) is 3.30. The van der Waals surface area contributed by atoms with Gasteiger partial charge >= 0.3 is 0 Å². The van der Waals surface area contributed by atoms with Crippen LogP contribution in [-0.4, -0.2) is 22.9 Å². The van der Waals surface area contributed by atoms with Gasteiger partial charge in [0.1, 0.15) is 0 Å². The van der Waals surface area contributed by atoms with Crippen molar-refractivity contribution in [2.75, 3.05) is 18.0 Å². The third-order valence-corrected chi connectivity index (χ3v) is 2.45. The summed E-state index contributed by atoms with van der Waals surface area (Å²) in [5, 5.41) is 4.37. The maximum Gasteiger partial charge on any atom is 0.150 e. The van der Waals surface area contributed by atoms with Gasteiger partial charge in [-0.15, -0.1) is 0 Å². The van der Waals surface area contributed by atoms with Crippen molar-refractivity contribution in [3.05, 3.63) is 12.3 Å². The molecule has 0 saturated carbocycles. The Balaban J connectivity index is 0.000000461. The lowest BCUT2D eigenvalue weighted by Gasteiger charge is -2.13. The molecule has 0 spiro atoms. The van der Waals surface area contributed by atoms with Gasteiger partial charge in [-0.3, -0.25) is 4.68 Å². The quantitative estimate of drug-likeness (QED) is 0.685. The Labute approximate surface area is 86.7 Å². The van der Waals surface area contributed by atoms with Crippen LogP contribution in [0.15, 0.2) is 12.3 Å². The number of aromatic nitrogens is 2. The molecular weight excluding hydrogens is 174 g/mol. The van der Waals surface area contributed by atoms with Gasteiger partial charge in [-0.2, -0.15) is 5.10 Å². The zero-order valence-electron chi connectivity index (χ0n) is 9.70. The Morgan fingerprint density at radius 3 is 2.57 bits per heavy atom. The minimum atomic E-state index is 0.826. The van der Waals surface area contributed by atoms with Crippen molar-refractivity contribution in [3.63, 3.8) is 0 Å². The molecule has 1 aliphatic rings. The summed E-state index contributed by atoms with van der Waals surface area (Å²) in [5.41, 5.74) is 0. The molecule has 0 N–H and O–H groups in total. The van der Waals surface area contributed by atoms with Crippen LogP contribution in [0.4, 0.5) is 5.82 Å². The van der Waals surface area contributed by atoms with Crippen molar-refractivity contribution >= 4 is 5.82 Å². The molecular formula is C11H21N3. The first-order chi connectivity index (χ1) is 6.75. The second-order valence-corrected chi connectivity index (χ2v) is 3.69. The second-order valence-electron chi connectivity index (χ2n) is 3.69. The number of nitrogens with zero attached hydrogens (tertiary/aromatic N) is 3. The van der Waals surface area contributed by atoms with E-state index in [4.69, 9.17) is 0 Å². The maximum atomic E-state index is 4.37. The number of rotatable bonds is 1. The van der Waals surface area contributed by atoms with Crippen LogP contribution in [0.5, 0.6) is 0 Å². The molecule has 0 aromatic carbocycles. The van der Waals surface area contributed by atoms with Crippen LogP contribution in [-0.2, 0) is 7.05 Å². The van der Waals surface area contributed by atoms with Crippen LogP contribution in [0.25, 0.3) is 0 Å². The highest BCUT2D eigenvalue weighted by atomic mass is 15.3. The van der Waals surface area contributed by atoms with E-state index in [-0.39, 0.29) is 0 Å². The first kappa shape index (κ1) is 11.1. The predicted molar refractivity (Wildman–Crippen MR) is 60.6 cm³/mol. The van der Waals surface area contributed by atoms with Gasteiger partial charge in [-0.1, -0.05) is 20.8 Å². The highest BCUT2D eigenvalue weighted by Gasteiger charge is 2.19. The molecule has 1 aliphatic heterocycles. The normalized spacial score (nSPS) is 20.6. The Morgan fingerprint density at radius 1 is 1.43 bits per heavy atom. The van der Waals surface area contributed by atoms with Crippen LogP contribution in [0.2, 0.25) is 0 Å². The summed E-state index contributed by atoms with van der Waals surface area (Å²) in [4.78, 5) is 2.35. The molecule has 3 heteroatoms. The van der Waals surface area contributed by atoms with Crippen LogP contribution in [0.3, 0.4) is 0 Å². The minimum Gasteiger partial charge on any atom is -0.355 e. The standard InChI is InChI=1S/C9H15N3.C2H6/c1-8-3-6-12(7-8)9-4-5-11(2)10-9;1-2/h4-5,8H,3,6-7H2,1-2H3;1-2H3. The molecule has 1 saturated heterocycles. The van der Waals surface area contributed by atoms with Crippen molar-refractivity contribution in [3.8, 4) is 0 Å². The largest absolute Gasteiger partial charge is 0.355 e. The Bertz CT molecular complexity index is 267. The summed E-state index contributed by atoms with van der Waals surface area (Å²) in [6, 6.07) is 2.08. The molecule has 1 atom stereocenters. The van der Waals surface area contributed by atoms with E-state index in [1.807, 2.05) is 31.8 Å². The van der Waals surface area contributed by atoms with Crippen molar-refractivity contribution < 1.29 is 0 Å². The molecule has 2 heterocycles. The van der Waals surface area contributed by atoms with E-state index in [0.717, 1.165) is 24.8 Å². The maximum absolute atomic E-state index is 4.37. The molecule has 1 unspecified atom stereocenters. The van der Waals surface area contributed by atoms with Crippen LogP contribution in [0, 0.1) is 5.92 Å². The first-order valence-electron chi connectivity index (χ1n) is 5.50. The van der Waals surface area contributed by atoms with Crippen molar-refractivity contribution in [2.45, 2.75) is 27.2 Å². The van der Waals surface area contributed by atoms with Gasteiger partial charge in [0.05, 0.1) is 0 Å². The van der Waals surface area contributed by atoms with Crippen LogP contribution in [0.1, 0.15) is 27.2 Å². The van der Waals surface area contributed by atoms with E-state index in [1.54, 1.807) is 0 Å². The molecule has 1 fully saturated rings. The van der Waals surface area contributed by atoms with Gasteiger partial charge in [0.2, 0.25) is 0 Å². The summed E-state index contributed by atoms with van der Waals surface area (Å²) >= 11 is 0. The molecule has 0 bridgehead atoms. The number of hydrogen-bond acceptors (Lipinski definition) is 2. The molecule has 0 aliphatic carbocycles. The lowest BCUT2D eigenvalue weighted by molar-refractivity contribution is 0.657. The van der Waals surface area contributed by atoms with Crippen LogP contribution < -0.4 is 4.90 Å². The highest BCUT2D eigenvalue weighted by molar-refractivity contribution is 5.37. The highest BCUT2D eigenvalue weighted by Crippen LogP contribution is 2.20. The predicted octanol–water partition coefficient (Wildman–Crippen LogP) is 2.29. The fraction of sp³-hybridized carbons (Fsp3) is 0.727. The van der Waals surface area contributed by atoms with Gasteiger partial charge < -0.3 is 4.90 Å². The van der Waals surface area contributed by atoms with Crippen molar-refractivity contribution in [1.82, 2.24) is 9.78 Å². The number of hydrogen-bond donors (Lipinski definition) is 0. The van der Waals surface area contributed by atoms with Crippen molar-refractivity contribution in [1.29, 1.82) is 0 Å². The average Bonchev–Trinajstić information content (AvgIpc) is 2.78. The Morgan fingerprint density at radius 2 is 2.14 bits per heavy atom.